The number of rotatable bonds is 7. The fourth-order valence-corrected chi connectivity index (χ4v) is 3.38. The van der Waals surface area contributed by atoms with Crippen LogP contribution in [0.1, 0.15) is 82.5 Å². The zero-order chi connectivity index (χ0) is 24.6. The van der Waals surface area contributed by atoms with Crippen molar-refractivity contribution in [1.82, 2.24) is 25.7 Å². The van der Waals surface area contributed by atoms with Gasteiger partial charge in [0.05, 0.1) is 18.3 Å². The second-order valence-electron chi connectivity index (χ2n) is 8.94. The predicted molar refractivity (Wildman–Crippen MR) is 119 cm³/mol. The molecule has 2 rings (SSSR count). The highest BCUT2D eigenvalue weighted by Gasteiger charge is 2.27. The van der Waals surface area contributed by atoms with Crippen LogP contribution < -0.4 is 16.0 Å². The first-order chi connectivity index (χ1) is 15.5. The molecule has 3 N–H and O–H groups in total. The smallest absolute Gasteiger partial charge is 0.408 e. The highest BCUT2D eigenvalue weighted by Crippen LogP contribution is 2.25. The van der Waals surface area contributed by atoms with Crippen LogP contribution in [0.2, 0.25) is 0 Å². The van der Waals surface area contributed by atoms with Crippen LogP contribution >= 0.6 is 0 Å². The number of fused-ring (bicyclic) bond motifs is 1. The summed E-state index contributed by atoms with van der Waals surface area (Å²) in [6.07, 6.45) is 2.75. The average molecular weight is 466 g/mol. The number of nitrogens with one attached hydrogen (secondary N) is 3. The first-order valence-corrected chi connectivity index (χ1v) is 11.3. The normalized spacial score (nSPS) is 16.9. The topological polar surface area (TPSA) is 141 Å². The van der Waals surface area contributed by atoms with Gasteiger partial charge in [-0.1, -0.05) is 12.8 Å². The van der Waals surface area contributed by atoms with Gasteiger partial charge in [0.25, 0.3) is 5.91 Å². The number of ether oxygens (including phenoxy) is 2. The third kappa shape index (κ3) is 8.39. The predicted octanol–water partition coefficient (Wildman–Crippen LogP) is 1.82. The lowest BCUT2D eigenvalue weighted by Crippen LogP contribution is -2.47. The number of nitrogens with zero attached hydrogens (tertiary/aromatic N) is 2. The van der Waals surface area contributed by atoms with Crippen LogP contribution in [0.4, 0.5) is 4.79 Å². The van der Waals surface area contributed by atoms with Gasteiger partial charge in [0.15, 0.2) is 5.69 Å². The second kappa shape index (κ2) is 11.7. The van der Waals surface area contributed by atoms with Crippen molar-refractivity contribution in [1.29, 1.82) is 0 Å². The lowest BCUT2D eigenvalue weighted by Gasteiger charge is -2.25. The number of hydrogen-bond donors (Lipinski definition) is 3. The van der Waals surface area contributed by atoms with Gasteiger partial charge in [0.1, 0.15) is 18.2 Å². The molecule has 1 aromatic heterocycles. The maximum atomic E-state index is 12.8. The van der Waals surface area contributed by atoms with Gasteiger partial charge in [-0.25, -0.2) is 4.79 Å². The molecule has 184 valence electrons. The summed E-state index contributed by atoms with van der Waals surface area (Å²) in [5.74, 6) is -1.39. The third-order valence-corrected chi connectivity index (χ3v) is 4.91. The number of carbonyl (C=O) groups is 4. The molecule has 0 saturated carbocycles. The zero-order valence-corrected chi connectivity index (χ0v) is 20.0. The molecule has 0 unspecified atom stereocenters. The van der Waals surface area contributed by atoms with Crippen molar-refractivity contribution in [3.63, 3.8) is 0 Å². The Kier molecular flexibility index (Phi) is 9.24. The van der Waals surface area contributed by atoms with Crippen molar-refractivity contribution < 1.29 is 28.7 Å². The number of esters is 1. The summed E-state index contributed by atoms with van der Waals surface area (Å²) < 4.78 is 11.7. The van der Waals surface area contributed by atoms with Gasteiger partial charge in [0.2, 0.25) is 5.91 Å². The Bertz CT molecular complexity index is 860. The Balaban J connectivity index is 2.08. The van der Waals surface area contributed by atoms with Crippen molar-refractivity contribution in [3.8, 4) is 0 Å². The summed E-state index contributed by atoms with van der Waals surface area (Å²) in [5, 5.41) is 12.4. The van der Waals surface area contributed by atoms with E-state index in [2.05, 4.69) is 21.0 Å². The number of alkyl carbamates (subject to hydrolysis) is 1. The lowest BCUT2D eigenvalue weighted by atomic mass is 10.0. The van der Waals surface area contributed by atoms with E-state index in [4.69, 9.17) is 9.47 Å². The van der Waals surface area contributed by atoms with Gasteiger partial charge in [-0.05, 0) is 53.5 Å². The summed E-state index contributed by atoms with van der Waals surface area (Å²) in [6, 6.07) is 0.441. The molecule has 1 aliphatic heterocycles. The van der Waals surface area contributed by atoms with Gasteiger partial charge in [-0.2, -0.15) is 5.10 Å². The molecule has 0 spiro atoms. The molecular formula is C22H35N5O6. The number of hydrogen-bond acceptors (Lipinski definition) is 7. The van der Waals surface area contributed by atoms with Gasteiger partial charge >= 0.3 is 12.1 Å². The molecule has 2 heterocycles. The molecule has 0 bridgehead atoms. The summed E-state index contributed by atoms with van der Waals surface area (Å²) in [5.41, 5.74) is 0.195. The molecular weight excluding hydrogens is 430 g/mol. The molecule has 2 atom stereocenters. The van der Waals surface area contributed by atoms with Crippen molar-refractivity contribution in [2.45, 2.75) is 84.5 Å². The quantitative estimate of drug-likeness (QED) is 0.522. The van der Waals surface area contributed by atoms with Crippen LogP contribution in [0, 0.1) is 0 Å². The van der Waals surface area contributed by atoms with Crippen LogP contribution in [-0.4, -0.2) is 58.5 Å². The van der Waals surface area contributed by atoms with E-state index in [0.29, 0.717) is 18.7 Å². The number of aromatic nitrogens is 2. The summed E-state index contributed by atoms with van der Waals surface area (Å²) in [7, 11) is 0. The van der Waals surface area contributed by atoms with Crippen molar-refractivity contribution >= 4 is 23.9 Å². The van der Waals surface area contributed by atoms with Gasteiger partial charge in [-0.3, -0.25) is 19.1 Å². The largest absolute Gasteiger partial charge is 0.465 e. The maximum absolute atomic E-state index is 12.8. The van der Waals surface area contributed by atoms with E-state index in [-0.39, 0.29) is 30.8 Å². The van der Waals surface area contributed by atoms with Crippen LogP contribution in [0.25, 0.3) is 0 Å². The fraction of sp³-hybridized carbons (Fsp3) is 0.682. The molecule has 1 aromatic rings. The molecule has 11 nitrogen and oxygen atoms in total. The molecule has 0 aromatic carbocycles. The number of aryl methyl sites for hydroxylation is 1. The Hall–Kier alpha value is -3.11. The zero-order valence-electron chi connectivity index (χ0n) is 20.0. The Morgan fingerprint density at radius 1 is 1.21 bits per heavy atom. The summed E-state index contributed by atoms with van der Waals surface area (Å²) in [6.45, 7) is 9.09. The number of carbonyl (C=O) groups excluding carboxylic acids is 4. The van der Waals surface area contributed by atoms with E-state index in [9.17, 15) is 19.2 Å². The lowest BCUT2D eigenvalue weighted by molar-refractivity contribution is -0.141. The molecule has 0 fully saturated rings. The maximum Gasteiger partial charge on any atom is 0.408 e. The van der Waals surface area contributed by atoms with E-state index in [1.165, 1.54) is 0 Å². The van der Waals surface area contributed by atoms with Gasteiger partial charge in [0, 0.05) is 6.54 Å². The van der Waals surface area contributed by atoms with E-state index < -0.39 is 29.6 Å². The summed E-state index contributed by atoms with van der Waals surface area (Å²) >= 11 is 0. The minimum atomic E-state index is -0.811. The molecule has 3 amide bonds. The van der Waals surface area contributed by atoms with E-state index in [1.54, 1.807) is 45.4 Å². The van der Waals surface area contributed by atoms with Crippen molar-refractivity contribution in [2.75, 3.05) is 13.2 Å². The van der Waals surface area contributed by atoms with E-state index in [1.807, 2.05) is 0 Å². The average Bonchev–Trinajstić information content (AvgIpc) is 3.11. The first-order valence-electron chi connectivity index (χ1n) is 11.3. The Morgan fingerprint density at radius 3 is 2.61 bits per heavy atom. The molecule has 11 heteroatoms. The Morgan fingerprint density at radius 2 is 1.94 bits per heavy atom. The Labute approximate surface area is 193 Å². The second-order valence-corrected chi connectivity index (χ2v) is 8.94. The summed E-state index contributed by atoms with van der Waals surface area (Å²) in [4.78, 5) is 48.7. The molecule has 0 saturated heterocycles. The monoisotopic (exact) mass is 465 g/mol. The minimum Gasteiger partial charge on any atom is -0.465 e. The van der Waals surface area contributed by atoms with Crippen molar-refractivity contribution in [2.24, 2.45) is 0 Å². The highest BCUT2D eigenvalue weighted by molar-refractivity contribution is 5.94. The van der Waals surface area contributed by atoms with E-state index >= 15 is 0 Å². The van der Waals surface area contributed by atoms with Crippen LogP contribution in [-0.2, 0) is 25.6 Å². The molecule has 0 radical (unpaired) electrons. The molecule has 1 aliphatic rings. The van der Waals surface area contributed by atoms with Gasteiger partial charge < -0.3 is 25.4 Å². The SMILES string of the molecule is CCOC(=O)CNC(=O)c1cc2n(n1)CCCCC[C@@H]2NC(=O)[C@H](C)NC(=O)OC(C)(C)C. The fourth-order valence-electron chi connectivity index (χ4n) is 3.38. The molecule has 0 aliphatic carbocycles. The minimum absolute atomic E-state index is 0.162. The van der Waals surface area contributed by atoms with Crippen LogP contribution in [0.15, 0.2) is 6.07 Å². The standard InChI is InChI=1S/C22H35N5O6/c1-6-32-18(28)13-23-20(30)16-12-17-15(10-8-7-9-11-27(17)26-16)25-19(29)14(2)24-21(31)33-22(3,4)5/h12,14-15H,6-11,13H2,1-5H3,(H,23,30)(H,24,31)(H,25,29)/t14-,15-/m0/s1. The third-order valence-electron chi connectivity index (χ3n) is 4.91. The highest BCUT2D eigenvalue weighted by atomic mass is 16.6. The van der Waals surface area contributed by atoms with Crippen LogP contribution in [0.3, 0.4) is 0 Å². The van der Waals surface area contributed by atoms with E-state index in [0.717, 1.165) is 19.3 Å². The van der Waals surface area contributed by atoms with Crippen molar-refractivity contribution in [3.05, 3.63) is 17.5 Å². The first kappa shape index (κ1) is 26.1. The molecule has 33 heavy (non-hydrogen) atoms. The van der Waals surface area contributed by atoms with Gasteiger partial charge in [-0.15, -0.1) is 0 Å². The number of amides is 3. The van der Waals surface area contributed by atoms with Crippen LogP contribution in [0.5, 0.6) is 0 Å².